The number of H-pyrrole nitrogens is 1. The fourth-order valence-corrected chi connectivity index (χ4v) is 4.41. The number of amides is 1. The molecule has 2 N–H and O–H groups in total. The number of benzene rings is 1. The molecule has 1 aliphatic rings. The Balaban J connectivity index is 1.54. The first-order valence-electron chi connectivity index (χ1n) is 10.5. The number of carbonyl (C=O) groups is 1. The van der Waals surface area contributed by atoms with Crippen molar-refractivity contribution in [2.45, 2.75) is 32.7 Å². The van der Waals surface area contributed by atoms with Gasteiger partial charge in [-0.2, -0.15) is 9.97 Å². The number of nitrogens with one attached hydrogen (secondary N) is 2. The zero-order valence-electron chi connectivity index (χ0n) is 17.7. The summed E-state index contributed by atoms with van der Waals surface area (Å²) in [6.45, 7) is 4.94. The molecule has 0 bridgehead atoms. The molecule has 1 aliphatic heterocycles. The molecule has 5 rings (SSSR count). The van der Waals surface area contributed by atoms with Crippen LogP contribution in [0.4, 0.5) is 5.82 Å². The van der Waals surface area contributed by atoms with Gasteiger partial charge in [0.15, 0.2) is 0 Å². The summed E-state index contributed by atoms with van der Waals surface area (Å²) in [4.78, 5) is 34.8. The van der Waals surface area contributed by atoms with Gasteiger partial charge in [-0.1, -0.05) is 18.5 Å². The number of aromatic nitrogens is 5. The third-order valence-electron chi connectivity index (χ3n) is 5.52. The summed E-state index contributed by atoms with van der Waals surface area (Å²) < 4.78 is 6.02. The molecule has 1 aromatic carbocycles. The molecule has 1 amide bonds. The second kappa shape index (κ2) is 8.23. The summed E-state index contributed by atoms with van der Waals surface area (Å²) in [5, 5.41) is 4.37. The highest BCUT2D eigenvalue weighted by molar-refractivity contribution is 6.37. The van der Waals surface area contributed by atoms with Gasteiger partial charge in [0.05, 0.1) is 21.4 Å². The minimum Gasteiger partial charge on any atom is -0.424 e. The standard InChI is InChI=1S/C22H22ClN7O2/c1-3-15-19(23)18-20(27-15)28-22(29-21(18)30-9-6-13(11-30)26-12(2)31)32-14-4-5-16-17(10-14)25-8-7-24-16/h4-5,7-8,10,13H,3,6,9,11H2,1-2H3,(H,26,31)(H,27,28,29). The average molecular weight is 452 g/mol. The zero-order valence-corrected chi connectivity index (χ0v) is 18.5. The lowest BCUT2D eigenvalue weighted by molar-refractivity contribution is -0.119. The van der Waals surface area contributed by atoms with Crippen LogP contribution in [0.5, 0.6) is 11.8 Å². The van der Waals surface area contributed by atoms with Crippen molar-refractivity contribution in [3.63, 3.8) is 0 Å². The Bertz CT molecular complexity index is 1320. The van der Waals surface area contributed by atoms with E-state index >= 15 is 0 Å². The molecule has 0 saturated carbocycles. The molecule has 164 valence electrons. The Kier molecular flexibility index (Phi) is 5.26. The van der Waals surface area contributed by atoms with Crippen LogP contribution < -0.4 is 15.0 Å². The van der Waals surface area contributed by atoms with Crippen molar-refractivity contribution in [1.29, 1.82) is 0 Å². The monoisotopic (exact) mass is 451 g/mol. The topological polar surface area (TPSA) is 109 Å². The average Bonchev–Trinajstić information content (AvgIpc) is 3.37. The number of fused-ring (bicyclic) bond motifs is 2. The Morgan fingerprint density at radius 1 is 1.28 bits per heavy atom. The molecule has 0 aliphatic carbocycles. The molecule has 1 fully saturated rings. The molecule has 3 aromatic heterocycles. The van der Waals surface area contributed by atoms with Crippen molar-refractivity contribution >= 4 is 45.4 Å². The van der Waals surface area contributed by atoms with E-state index in [9.17, 15) is 4.79 Å². The van der Waals surface area contributed by atoms with Crippen molar-refractivity contribution in [1.82, 2.24) is 30.2 Å². The lowest BCUT2D eigenvalue weighted by Crippen LogP contribution is -2.35. The van der Waals surface area contributed by atoms with Gasteiger partial charge in [-0.25, -0.2) is 0 Å². The molecule has 0 radical (unpaired) electrons. The smallest absolute Gasteiger partial charge is 0.325 e. The van der Waals surface area contributed by atoms with Gasteiger partial charge in [0.1, 0.15) is 17.2 Å². The third-order valence-corrected chi connectivity index (χ3v) is 5.94. The first-order chi connectivity index (χ1) is 15.5. The van der Waals surface area contributed by atoms with Crippen LogP contribution in [0, 0.1) is 0 Å². The summed E-state index contributed by atoms with van der Waals surface area (Å²) in [7, 11) is 0. The third kappa shape index (κ3) is 3.80. The van der Waals surface area contributed by atoms with Gasteiger partial charge in [0.2, 0.25) is 5.91 Å². The van der Waals surface area contributed by atoms with E-state index in [0.29, 0.717) is 28.8 Å². The van der Waals surface area contributed by atoms with Crippen LogP contribution in [-0.2, 0) is 11.2 Å². The summed E-state index contributed by atoms with van der Waals surface area (Å²) >= 11 is 6.68. The van der Waals surface area contributed by atoms with Crippen LogP contribution in [0.3, 0.4) is 0 Å². The Morgan fingerprint density at radius 3 is 2.88 bits per heavy atom. The first kappa shape index (κ1) is 20.4. The predicted molar refractivity (Wildman–Crippen MR) is 122 cm³/mol. The van der Waals surface area contributed by atoms with Crippen LogP contribution in [-0.4, -0.2) is 50.0 Å². The summed E-state index contributed by atoms with van der Waals surface area (Å²) in [5.74, 6) is 1.22. The second-order valence-electron chi connectivity index (χ2n) is 7.77. The number of rotatable bonds is 5. The van der Waals surface area contributed by atoms with Crippen molar-refractivity contribution in [3.8, 4) is 11.8 Å². The van der Waals surface area contributed by atoms with E-state index in [1.807, 2.05) is 19.1 Å². The van der Waals surface area contributed by atoms with Gasteiger partial charge < -0.3 is 19.9 Å². The molecule has 1 atom stereocenters. The van der Waals surface area contributed by atoms with Gasteiger partial charge in [0, 0.05) is 50.2 Å². The van der Waals surface area contributed by atoms with Crippen molar-refractivity contribution in [2.24, 2.45) is 0 Å². The largest absolute Gasteiger partial charge is 0.424 e. The van der Waals surface area contributed by atoms with E-state index in [1.54, 1.807) is 18.5 Å². The number of hydrogen-bond acceptors (Lipinski definition) is 7. The predicted octanol–water partition coefficient (Wildman–Crippen LogP) is 3.62. The number of ether oxygens (including phenoxy) is 1. The quantitative estimate of drug-likeness (QED) is 0.477. The van der Waals surface area contributed by atoms with Crippen LogP contribution >= 0.6 is 11.6 Å². The van der Waals surface area contributed by atoms with Crippen molar-refractivity contribution < 1.29 is 9.53 Å². The number of aryl methyl sites for hydroxylation is 1. The molecule has 4 aromatic rings. The molecular formula is C22H22ClN7O2. The number of nitrogens with zero attached hydrogens (tertiary/aromatic N) is 5. The van der Waals surface area contributed by atoms with Gasteiger partial charge in [-0.05, 0) is 25.0 Å². The zero-order chi connectivity index (χ0) is 22.2. The second-order valence-corrected chi connectivity index (χ2v) is 8.14. The van der Waals surface area contributed by atoms with Gasteiger partial charge in [-0.15, -0.1) is 0 Å². The maximum atomic E-state index is 11.5. The van der Waals surface area contributed by atoms with E-state index in [4.69, 9.17) is 21.3 Å². The van der Waals surface area contributed by atoms with E-state index in [0.717, 1.165) is 41.5 Å². The van der Waals surface area contributed by atoms with Crippen LogP contribution in [0.1, 0.15) is 26.0 Å². The number of hydrogen-bond donors (Lipinski definition) is 2. The molecule has 9 nitrogen and oxygen atoms in total. The number of carbonyl (C=O) groups excluding carboxylic acids is 1. The molecule has 10 heteroatoms. The van der Waals surface area contributed by atoms with E-state index in [-0.39, 0.29) is 18.0 Å². The van der Waals surface area contributed by atoms with E-state index in [2.05, 4.69) is 30.2 Å². The summed E-state index contributed by atoms with van der Waals surface area (Å²) in [5.41, 5.74) is 3.02. The normalized spacial score (nSPS) is 16.1. The number of anilines is 1. The van der Waals surface area contributed by atoms with Gasteiger partial charge >= 0.3 is 6.01 Å². The summed E-state index contributed by atoms with van der Waals surface area (Å²) in [6, 6.07) is 5.73. The first-order valence-corrected chi connectivity index (χ1v) is 10.9. The van der Waals surface area contributed by atoms with Crippen LogP contribution in [0.2, 0.25) is 5.02 Å². The van der Waals surface area contributed by atoms with E-state index < -0.39 is 0 Å². The maximum Gasteiger partial charge on any atom is 0.325 e. The van der Waals surface area contributed by atoms with E-state index in [1.165, 1.54) is 6.92 Å². The SMILES string of the molecule is CCc1[nH]c2nc(Oc3ccc4nccnc4c3)nc(N3CCC(NC(C)=O)C3)c2c1Cl. The number of halogens is 1. The lowest BCUT2D eigenvalue weighted by atomic mass is 10.2. The minimum absolute atomic E-state index is 0.0407. The molecule has 32 heavy (non-hydrogen) atoms. The fourth-order valence-electron chi connectivity index (χ4n) is 4.06. The molecule has 1 saturated heterocycles. The fraction of sp³-hybridized carbons (Fsp3) is 0.318. The highest BCUT2D eigenvalue weighted by atomic mass is 35.5. The highest BCUT2D eigenvalue weighted by Gasteiger charge is 2.28. The highest BCUT2D eigenvalue weighted by Crippen LogP contribution is 2.37. The molecule has 1 unspecified atom stereocenters. The van der Waals surface area contributed by atoms with Crippen molar-refractivity contribution in [3.05, 3.63) is 41.3 Å². The van der Waals surface area contributed by atoms with Gasteiger partial charge in [-0.3, -0.25) is 14.8 Å². The number of aromatic amines is 1. The molecule has 4 heterocycles. The van der Waals surface area contributed by atoms with Crippen LogP contribution in [0.25, 0.3) is 22.1 Å². The molecular weight excluding hydrogens is 430 g/mol. The van der Waals surface area contributed by atoms with Crippen LogP contribution in [0.15, 0.2) is 30.6 Å². The minimum atomic E-state index is -0.0407. The summed E-state index contributed by atoms with van der Waals surface area (Å²) in [6.07, 6.45) is 4.85. The Labute approximate surface area is 189 Å². The Hall–Kier alpha value is -3.46. The van der Waals surface area contributed by atoms with Crippen molar-refractivity contribution in [2.75, 3.05) is 18.0 Å². The maximum absolute atomic E-state index is 11.5. The Morgan fingerprint density at radius 2 is 2.09 bits per heavy atom. The van der Waals surface area contributed by atoms with Gasteiger partial charge in [0.25, 0.3) is 0 Å². The molecule has 0 spiro atoms. The lowest BCUT2D eigenvalue weighted by Gasteiger charge is -2.19.